The van der Waals surface area contributed by atoms with Crippen LogP contribution >= 0.6 is 0 Å². The Kier molecular flexibility index (Phi) is 8.18. The van der Waals surface area contributed by atoms with Gasteiger partial charge in [0, 0.05) is 43.1 Å². The van der Waals surface area contributed by atoms with Crippen LogP contribution in [0.4, 0.5) is 17.1 Å². The number of hydrogen-bond donors (Lipinski definition) is 3. The molecule has 0 saturated carbocycles. The van der Waals surface area contributed by atoms with Crippen molar-refractivity contribution in [3.8, 4) is 0 Å². The van der Waals surface area contributed by atoms with Crippen molar-refractivity contribution in [3.63, 3.8) is 0 Å². The van der Waals surface area contributed by atoms with Gasteiger partial charge in [-0.15, -0.1) is 0 Å². The molecule has 7 heteroatoms. The van der Waals surface area contributed by atoms with Crippen LogP contribution in [0.3, 0.4) is 0 Å². The first-order chi connectivity index (χ1) is 15.9. The maximum Gasteiger partial charge on any atom is 0.255 e. The molecular formula is C26H28N4O3. The van der Waals surface area contributed by atoms with Gasteiger partial charge in [0.1, 0.15) is 0 Å². The summed E-state index contributed by atoms with van der Waals surface area (Å²) >= 11 is 0. The fourth-order valence-corrected chi connectivity index (χ4v) is 3.17. The topological polar surface area (TPSA) is 90.5 Å². The van der Waals surface area contributed by atoms with E-state index in [0.717, 1.165) is 11.3 Å². The molecule has 0 aliphatic heterocycles. The van der Waals surface area contributed by atoms with Crippen LogP contribution in [0.1, 0.15) is 22.3 Å². The quantitative estimate of drug-likeness (QED) is 0.465. The molecule has 170 valence electrons. The number of amides is 3. The van der Waals surface area contributed by atoms with Crippen LogP contribution in [0, 0.1) is 0 Å². The van der Waals surface area contributed by atoms with Gasteiger partial charge in [0.25, 0.3) is 5.91 Å². The Balaban J connectivity index is 1.51. The molecule has 0 aromatic heterocycles. The van der Waals surface area contributed by atoms with Gasteiger partial charge in [0.05, 0.1) is 6.54 Å². The van der Waals surface area contributed by atoms with E-state index in [-0.39, 0.29) is 24.3 Å². The van der Waals surface area contributed by atoms with Crippen LogP contribution < -0.4 is 16.0 Å². The molecule has 3 amide bonds. The molecular weight excluding hydrogens is 416 g/mol. The first-order valence-electron chi connectivity index (χ1n) is 10.7. The Bertz CT molecular complexity index is 1110. The molecule has 3 aromatic rings. The summed E-state index contributed by atoms with van der Waals surface area (Å²) in [4.78, 5) is 38.1. The highest BCUT2D eigenvalue weighted by atomic mass is 16.2. The van der Waals surface area contributed by atoms with Crippen molar-refractivity contribution in [2.45, 2.75) is 12.8 Å². The molecule has 3 aromatic carbocycles. The summed E-state index contributed by atoms with van der Waals surface area (Å²) in [5, 5.41) is 8.77. The smallest absolute Gasteiger partial charge is 0.255 e. The van der Waals surface area contributed by atoms with Gasteiger partial charge in [-0.1, -0.05) is 36.4 Å². The number of hydrogen-bond acceptors (Lipinski definition) is 4. The van der Waals surface area contributed by atoms with Crippen molar-refractivity contribution in [3.05, 3.63) is 90.0 Å². The minimum absolute atomic E-state index is 0.0786. The van der Waals surface area contributed by atoms with Crippen molar-refractivity contribution in [2.24, 2.45) is 0 Å². The van der Waals surface area contributed by atoms with E-state index in [2.05, 4.69) is 16.0 Å². The van der Waals surface area contributed by atoms with E-state index in [1.807, 2.05) is 30.3 Å². The second kappa shape index (κ2) is 11.5. The van der Waals surface area contributed by atoms with Crippen LogP contribution in [-0.2, 0) is 16.0 Å². The van der Waals surface area contributed by atoms with E-state index < -0.39 is 0 Å². The zero-order valence-corrected chi connectivity index (χ0v) is 18.8. The lowest BCUT2D eigenvalue weighted by atomic mass is 10.1. The third-order valence-electron chi connectivity index (χ3n) is 4.95. The monoisotopic (exact) mass is 444 g/mol. The molecule has 0 aliphatic carbocycles. The Morgan fingerprint density at radius 1 is 0.758 bits per heavy atom. The molecule has 33 heavy (non-hydrogen) atoms. The summed E-state index contributed by atoms with van der Waals surface area (Å²) in [5.74, 6) is -0.349. The number of nitrogens with one attached hydrogen (secondary N) is 3. The van der Waals surface area contributed by atoms with E-state index in [9.17, 15) is 14.4 Å². The number of carbonyl (C=O) groups is 3. The number of anilines is 3. The Morgan fingerprint density at radius 2 is 1.42 bits per heavy atom. The van der Waals surface area contributed by atoms with E-state index in [4.69, 9.17) is 0 Å². The van der Waals surface area contributed by atoms with Gasteiger partial charge in [-0.2, -0.15) is 0 Å². The number of aryl methyl sites for hydroxylation is 1. The summed E-state index contributed by atoms with van der Waals surface area (Å²) in [5.41, 5.74) is 3.57. The van der Waals surface area contributed by atoms with Gasteiger partial charge >= 0.3 is 0 Å². The second-order valence-corrected chi connectivity index (χ2v) is 7.79. The van der Waals surface area contributed by atoms with Crippen molar-refractivity contribution in [1.82, 2.24) is 4.90 Å². The lowest BCUT2D eigenvalue weighted by Crippen LogP contribution is -2.22. The molecule has 0 atom stereocenters. The molecule has 0 bridgehead atoms. The summed E-state index contributed by atoms with van der Waals surface area (Å²) < 4.78 is 0. The molecule has 0 aliphatic rings. The third kappa shape index (κ3) is 7.50. The molecule has 0 fully saturated rings. The van der Waals surface area contributed by atoms with E-state index in [0.29, 0.717) is 29.8 Å². The maximum absolute atomic E-state index is 12.4. The average molecular weight is 445 g/mol. The lowest BCUT2D eigenvalue weighted by Gasteiger charge is -2.12. The number of benzene rings is 3. The molecule has 7 nitrogen and oxygen atoms in total. The summed E-state index contributed by atoms with van der Waals surface area (Å²) in [6.07, 6.45) is 1.08. The first-order valence-corrected chi connectivity index (χ1v) is 10.7. The van der Waals surface area contributed by atoms with Gasteiger partial charge in [0.15, 0.2) is 0 Å². The van der Waals surface area contributed by atoms with E-state index >= 15 is 0 Å². The lowest BCUT2D eigenvalue weighted by molar-refractivity contribution is -0.128. The standard InChI is InChI=1S/C26H28N4O3/c1-30(2)25(32)15-14-19-8-6-11-21(16-19)27-18-24(31)28-22-12-7-13-23(17-22)29-26(33)20-9-4-3-5-10-20/h3-13,16-17,27H,14-15,18H2,1-2H3,(H,28,31)(H,29,33). The fraction of sp³-hybridized carbons (Fsp3) is 0.192. The van der Waals surface area contributed by atoms with E-state index in [1.54, 1.807) is 67.5 Å². The van der Waals surface area contributed by atoms with Crippen molar-refractivity contribution < 1.29 is 14.4 Å². The average Bonchev–Trinajstić information content (AvgIpc) is 2.82. The highest BCUT2D eigenvalue weighted by Gasteiger charge is 2.08. The fourth-order valence-electron chi connectivity index (χ4n) is 3.17. The van der Waals surface area contributed by atoms with Crippen molar-refractivity contribution >= 4 is 34.8 Å². The number of nitrogens with zero attached hydrogens (tertiary/aromatic N) is 1. The second-order valence-electron chi connectivity index (χ2n) is 7.79. The van der Waals surface area contributed by atoms with Gasteiger partial charge in [-0.25, -0.2) is 0 Å². The van der Waals surface area contributed by atoms with E-state index in [1.165, 1.54) is 0 Å². The zero-order chi connectivity index (χ0) is 23.6. The first kappa shape index (κ1) is 23.5. The molecule has 3 rings (SSSR count). The van der Waals surface area contributed by atoms with Crippen LogP contribution in [0.2, 0.25) is 0 Å². The van der Waals surface area contributed by atoms with Crippen molar-refractivity contribution in [1.29, 1.82) is 0 Å². The highest BCUT2D eigenvalue weighted by Crippen LogP contribution is 2.17. The molecule has 0 saturated heterocycles. The molecule has 0 unspecified atom stereocenters. The largest absolute Gasteiger partial charge is 0.376 e. The molecule has 3 N–H and O–H groups in total. The predicted octanol–water partition coefficient (Wildman–Crippen LogP) is 4.01. The van der Waals surface area contributed by atoms with Gasteiger partial charge < -0.3 is 20.9 Å². The van der Waals surface area contributed by atoms with Gasteiger partial charge in [0.2, 0.25) is 11.8 Å². The zero-order valence-electron chi connectivity index (χ0n) is 18.8. The Morgan fingerprint density at radius 3 is 2.15 bits per heavy atom. The third-order valence-corrected chi connectivity index (χ3v) is 4.95. The molecule has 0 radical (unpaired) electrons. The number of rotatable bonds is 9. The van der Waals surface area contributed by atoms with Crippen LogP contribution in [0.25, 0.3) is 0 Å². The molecule has 0 spiro atoms. The van der Waals surface area contributed by atoms with Crippen molar-refractivity contribution in [2.75, 3.05) is 36.6 Å². The van der Waals surface area contributed by atoms with Gasteiger partial charge in [-0.05, 0) is 54.4 Å². The Labute approximate surface area is 193 Å². The summed E-state index contributed by atoms with van der Waals surface area (Å²) in [7, 11) is 3.48. The van der Waals surface area contributed by atoms with Gasteiger partial charge in [-0.3, -0.25) is 14.4 Å². The van der Waals surface area contributed by atoms with Crippen LogP contribution in [0.15, 0.2) is 78.9 Å². The minimum atomic E-state index is -0.215. The predicted molar refractivity (Wildman–Crippen MR) is 131 cm³/mol. The normalized spacial score (nSPS) is 10.2. The summed E-state index contributed by atoms with van der Waals surface area (Å²) in [6, 6.07) is 23.6. The Hall–Kier alpha value is -4.13. The highest BCUT2D eigenvalue weighted by molar-refractivity contribution is 6.04. The molecule has 0 heterocycles. The minimum Gasteiger partial charge on any atom is -0.376 e. The van der Waals surface area contributed by atoms with Crippen LogP contribution in [0.5, 0.6) is 0 Å². The number of carbonyl (C=O) groups excluding carboxylic acids is 3. The summed E-state index contributed by atoms with van der Waals surface area (Å²) in [6.45, 7) is 0.0840. The SMILES string of the molecule is CN(C)C(=O)CCc1cccc(NCC(=O)Nc2cccc(NC(=O)c3ccccc3)c2)c1. The van der Waals surface area contributed by atoms with Crippen LogP contribution in [-0.4, -0.2) is 43.3 Å². The maximum atomic E-state index is 12.4.